The van der Waals surface area contributed by atoms with Crippen molar-refractivity contribution in [2.24, 2.45) is 0 Å². The Morgan fingerprint density at radius 3 is 2.78 bits per heavy atom. The van der Waals surface area contributed by atoms with Crippen molar-refractivity contribution in [3.05, 3.63) is 35.1 Å². The molecule has 1 aliphatic rings. The normalized spacial score (nSPS) is 24.2. The third-order valence-corrected chi connectivity index (χ3v) is 4.05. The largest absolute Gasteiger partial charge is 0.313 e. The van der Waals surface area contributed by atoms with E-state index in [1.807, 2.05) is 13.0 Å². The first kappa shape index (κ1) is 13.5. The van der Waals surface area contributed by atoms with E-state index in [1.165, 1.54) is 37.7 Å². The van der Waals surface area contributed by atoms with Gasteiger partial charge in [0.25, 0.3) is 0 Å². The smallest absolute Gasteiger partial charge is 0.123 e. The van der Waals surface area contributed by atoms with Crippen molar-refractivity contribution in [3.63, 3.8) is 0 Å². The number of hydrogen-bond donors (Lipinski definition) is 1. The summed E-state index contributed by atoms with van der Waals surface area (Å²) in [5.41, 5.74) is 2.44. The van der Waals surface area contributed by atoms with E-state index >= 15 is 0 Å². The van der Waals surface area contributed by atoms with Gasteiger partial charge in [0.2, 0.25) is 0 Å². The molecule has 0 radical (unpaired) electrons. The van der Waals surface area contributed by atoms with Crippen LogP contribution in [-0.2, 0) is 0 Å². The number of hydrogen-bond acceptors (Lipinski definition) is 1. The highest BCUT2D eigenvalue weighted by molar-refractivity contribution is 5.31. The molecular formula is C16H24FN. The lowest BCUT2D eigenvalue weighted by molar-refractivity contribution is 0.327. The molecule has 0 amide bonds. The predicted molar refractivity (Wildman–Crippen MR) is 74.4 cm³/mol. The van der Waals surface area contributed by atoms with E-state index in [-0.39, 0.29) is 5.82 Å². The summed E-state index contributed by atoms with van der Waals surface area (Å²) in [6, 6.07) is 5.83. The van der Waals surface area contributed by atoms with Gasteiger partial charge in [-0.15, -0.1) is 0 Å². The Bertz CT molecular complexity index is 389. The minimum absolute atomic E-state index is 0.120. The molecule has 100 valence electrons. The molecule has 1 aromatic carbocycles. The van der Waals surface area contributed by atoms with Crippen molar-refractivity contribution in [1.82, 2.24) is 5.32 Å². The third-order valence-electron chi connectivity index (χ3n) is 4.05. The summed E-state index contributed by atoms with van der Waals surface area (Å²) in [6.45, 7) is 5.32. The van der Waals surface area contributed by atoms with Gasteiger partial charge >= 0.3 is 0 Å². The van der Waals surface area contributed by atoms with Crippen molar-refractivity contribution in [3.8, 4) is 0 Å². The van der Waals surface area contributed by atoms with E-state index < -0.39 is 0 Å². The van der Waals surface area contributed by atoms with Crippen molar-refractivity contribution in [2.45, 2.75) is 57.9 Å². The van der Waals surface area contributed by atoms with E-state index in [1.54, 1.807) is 12.1 Å². The molecule has 1 aliphatic carbocycles. The molecule has 2 unspecified atom stereocenters. The van der Waals surface area contributed by atoms with Crippen molar-refractivity contribution in [1.29, 1.82) is 0 Å². The van der Waals surface area contributed by atoms with Crippen LogP contribution in [0.25, 0.3) is 0 Å². The molecule has 1 fully saturated rings. The van der Waals surface area contributed by atoms with E-state index in [2.05, 4.69) is 12.2 Å². The zero-order chi connectivity index (χ0) is 13.0. The van der Waals surface area contributed by atoms with Gasteiger partial charge in [0.05, 0.1) is 0 Å². The molecule has 0 aliphatic heterocycles. The van der Waals surface area contributed by atoms with Crippen LogP contribution in [0.3, 0.4) is 0 Å². The van der Waals surface area contributed by atoms with Gasteiger partial charge in [-0.2, -0.15) is 0 Å². The summed E-state index contributed by atoms with van der Waals surface area (Å²) < 4.78 is 13.2. The minimum Gasteiger partial charge on any atom is -0.313 e. The average molecular weight is 249 g/mol. The molecule has 0 saturated heterocycles. The quantitative estimate of drug-likeness (QED) is 0.845. The first-order valence-corrected chi connectivity index (χ1v) is 7.21. The summed E-state index contributed by atoms with van der Waals surface area (Å²) in [5.74, 6) is 0.441. The number of benzene rings is 1. The summed E-state index contributed by atoms with van der Waals surface area (Å²) >= 11 is 0. The Hall–Kier alpha value is -0.890. The van der Waals surface area contributed by atoms with Gasteiger partial charge in [-0.3, -0.25) is 0 Å². The molecule has 0 spiro atoms. The first-order chi connectivity index (χ1) is 8.72. The topological polar surface area (TPSA) is 12.0 Å². The van der Waals surface area contributed by atoms with Gasteiger partial charge in [-0.25, -0.2) is 4.39 Å². The lowest BCUT2D eigenvalue weighted by atomic mass is 9.78. The molecule has 0 bridgehead atoms. The van der Waals surface area contributed by atoms with Gasteiger partial charge in [0.1, 0.15) is 5.82 Å². The summed E-state index contributed by atoms with van der Waals surface area (Å²) in [6.07, 6.45) is 6.27. The Morgan fingerprint density at radius 1 is 1.28 bits per heavy atom. The second-order valence-electron chi connectivity index (χ2n) is 5.45. The van der Waals surface area contributed by atoms with Crippen LogP contribution in [-0.4, -0.2) is 12.6 Å². The van der Waals surface area contributed by atoms with Crippen LogP contribution in [0.4, 0.5) is 4.39 Å². The van der Waals surface area contributed by atoms with Gasteiger partial charge in [-0.05, 0) is 61.9 Å². The molecule has 1 aromatic rings. The summed E-state index contributed by atoms with van der Waals surface area (Å²) in [7, 11) is 0. The van der Waals surface area contributed by atoms with Crippen molar-refractivity contribution < 1.29 is 4.39 Å². The third kappa shape index (κ3) is 3.11. The fourth-order valence-corrected chi connectivity index (χ4v) is 3.13. The Kier molecular flexibility index (Phi) is 4.76. The highest BCUT2D eigenvalue weighted by atomic mass is 19.1. The molecule has 1 N–H and O–H groups in total. The predicted octanol–water partition coefficient (Wildman–Crippen LogP) is 4.16. The number of halogens is 1. The molecule has 2 heteroatoms. The van der Waals surface area contributed by atoms with Crippen molar-refractivity contribution >= 4 is 0 Å². The Morgan fingerprint density at radius 2 is 2.06 bits per heavy atom. The van der Waals surface area contributed by atoms with Gasteiger partial charge < -0.3 is 5.32 Å². The van der Waals surface area contributed by atoms with Crippen LogP contribution in [0.2, 0.25) is 0 Å². The summed E-state index contributed by atoms with van der Waals surface area (Å²) in [5, 5.41) is 3.67. The molecule has 2 rings (SSSR count). The summed E-state index contributed by atoms with van der Waals surface area (Å²) in [4.78, 5) is 0. The SMILES string of the molecule is CCCNC1CCCCC1c1ccc(F)cc1C. The molecule has 0 aromatic heterocycles. The van der Waals surface area contributed by atoms with E-state index in [4.69, 9.17) is 0 Å². The maximum Gasteiger partial charge on any atom is 0.123 e. The Labute approximate surface area is 110 Å². The zero-order valence-corrected chi connectivity index (χ0v) is 11.5. The van der Waals surface area contributed by atoms with E-state index in [0.717, 1.165) is 12.1 Å². The van der Waals surface area contributed by atoms with Crippen molar-refractivity contribution in [2.75, 3.05) is 6.54 Å². The van der Waals surface area contributed by atoms with Gasteiger partial charge in [0.15, 0.2) is 0 Å². The molecule has 2 atom stereocenters. The van der Waals surface area contributed by atoms with Crippen LogP contribution >= 0.6 is 0 Å². The monoisotopic (exact) mass is 249 g/mol. The number of nitrogens with one attached hydrogen (secondary N) is 1. The van der Waals surface area contributed by atoms with Gasteiger partial charge in [0, 0.05) is 6.04 Å². The maximum absolute atomic E-state index is 13.2. The second kappa shape index (κ2) is 6.33. The van der Waals surface area contributed by atoms with Crippen LogP contribution in [0.5, 0.6) is 0 Å². The number of rotatable bonds is 4. The minimum atomic E-state index is -0.120. The zero-order valence-electron chi connectivity index (χ0n) is 11.5. The van der Waals surface area contributed by atoms with Gasteiger partial charge in [-0.1, -0.05) is 25.8 Å². The fourth-order valence-electron chi connectivity index (χ4n) is 3.13. The van der Waals surface area contributed by atoms with Crippen LogP contribution < -0.4 is 5.32 Å². The van der Waals surface area contributed by atoms with E-state index in [0.29, 0.717) is 12.0 Å². The fraction of sp³-hybridized carbons (Fsp3) is 0.625. The molecule has 0 heterocycles. The second-order valence-corrected chi connectivity index (χ2v) is 5.45. The average Bonchev–Trinajstić information content (AvgIpc) is 2.37. The highest BCUT2D eigenvalue weighted by Crippen LogP contribution is 2.34. The highest BCUT2D eigenvalue weighted by Gasteiger charge is 2.26. The Balaban J connectivity index is 2.16. The molecule has 1 nitrogen and oxygen atoms in total. The first-order valence-electron chi connectivity index (χ1n) is 7.21. The lowest BCUT2D eigenvalue weighted by Crippen LogP contribution is -2.37. The standard InChI is InChI=1S/C16H24FN/c1-3-10-18-16-7-5-4-6-15(16)14-9-8-13(17)11-12(14)2/h8-9,11,15-16,18H,3-7,10H2,1-2H3. The maximum atomic E-state index is 13.2. The number of aryl methyl sites for hydroxylation is 1. The van der Waals surface area contributed by atoms with E-state index in [9.17, 15) is 4.39 Å². The molecule has 18 heavy (non-hydrogen) atoms. The molecule has 1 saturated carbocycles. The van der Waals surface area contributed by atoms with Crippen LogP contribution in [0.15, 0.2) is 18.2 Å². The van der Waals surface area contributed by atoms with Crippen LogP contribution in [0, 0.1) is 12.7 Å². The lowest BCUT2D eigenvalue weighted by Gasteiger charge is -2.33. The molecular weight excluding hydrogens is 225 g/mol. The van der Waals surface area contributed by atoms with Crippen LogP contribution in [0.1, 0.15) is 56.1 Å².